The summed E-state index contributed by atoms with van der Waals surface area (Å²) in [6.45, 7) is -1.53. The minimum atomic E-state index is -2.10. The third-order valence-corrected chi connectivity index (χ3v) is 12.7. The van der Waals surface area contributed by atoms with Gasteiger partial charge in [0.15, 0.2) is 43.0 Å². The molecule has 0 radical (unpaired) electrons. The summed E-state index contributed by atoms with van der Waals surface area (Å²) >= 11 is 0. The molecule has 0 spiro atoms. The molecule has 0 aromatic heterocycles. The quantitative estimate of drug-likeness (QED) is 0.0240. The van der Waals surface area contributed by atoms with Crippen LogP contribution in [0, 0.1) is 0 Å². The summed E-state index contributed by atoms with van der Waals surface area (Å²) in [7, 11) is 0. The average molecular weight is 1100 g/mol. The van der Waals surface area contributed by atoms with Crippen LogP contribution < -0.4 is 0 Å². The molecule has 20 heteroatoms. The highest BCUT2D eigenvalue weighted by molar-refractivity contribution is 5.93. The first-order chi connectivity index (χ1) is 39.5. The molecule has 2 saturated heterocycles. The predicted octanol–water partition coefficient (Wildman–Crippen LogP) is 8.97. The van der Waals surface area contributed by atoms with Crippen LogP contribution in [-0.4, -0.2) is 116 Å². The van der Waals surface area contributed by atoms with Crippen LogP contribution in [0.2, 0.25) is 0 Å². The molecule has 0 amide bonds. The van der Waals surface area contributed by atoms with Crippen LogP contribution in [0.5, 0.6) is 0 Å². The molecule has 0 aliphatic carbocycles. The van der Waals surface area contributed by atoms with Crippen molar-refractivity contribution in [2.45, 2.75) is 61.3 Å². The van der Waals surface area contributed by atoms with Crippen molar-refractivity contribution >= 4 is 41.8 Å². The van der Waals surface area contributed by atoms with Crippen LogP contribution in [0.25, 0.3) is 10.4 Å². The molecule has 2 heterocycles. The van der Waals surface area contributed by atoms with Crippen molar-refractivity contribution < 1.29 is 80.9 Å². The number of hydrogen-bond donors (Lipinski definition) is 0. The number of ether oxygens (including phenoxy) is 10. The van der Waals surface area contributed by atoms with Crippen molar-refractivity contribution in [1.82, 2.24) is 0 Å². The molecule has 7 aromatic rings. The second-order valence-electron chi connectivity index (χ2n) is 18.0. The average Bonchev–Trinajstić information content (AvgIpc) is 3.71. The fourth-order valence-corrected chi connectivity index (χ4v) is 8.74. The highest BCUT2D eigenvalue weighted by Crippen LogP contribution is 2.37. The first kappa shape index (κ1) is 55.8. The molecule has 2 fully saturated rings. The summed E-state index contributed by atoms with van der Waals surface area (Å²) in [5.74, 6) is -6.79. The zero-order valence-electron chi connectivity index (χ0n) is 42.7. The number of rotatable bonds is 19. The van der Waals surface area contributed by atoms with E-state index in [1.54, 1.807) is 127 Å². The van der Waals surface area contributed by atoms with Crippen molar-refractivity contribution in [2.75, 3.05) is 13.2 Å². The van der Waals surface area contributed by atoms with Crippen molar-refractivity contribution in [3.05, 3.63) is 262 Å². The Kier molecular flexibility index (Phi) is 18.6. The van der Waals surface area contributed by atoms with Crippen LogP contribution in [-0.2, 0) is 47.4 Å². The fraction of sp³-hybridized carbons (Fsp3) is 0.197. The summed E-state index contributed by atoms with van der Waals surface area (Å²) in [6.07, 6.45) is -18.8. The van der Waals surface area contributed by atoms with Gasteiger partial charge in [-0.05, 0) is 90.5 Å². The van der Waals surface area contributed by atoms with Gasteiger partial charge in [0, 0.05) is 4.91 Å². The van der Waals surface area contributed by atoms with Crippen molar-refractivity contribution in [2.24, 2.45) is 5.11 Å². The van der Waals surface area contributed by atoms with Gasteiger partial charge in [-0.1, -0.05) is 133 Å². The van der Waals surface area contributed by atoms with Gasteiger partial charge in [-0.2, -0.15) is 0 Å². The minimum absolute atomic E-state index is 0.00387. The number of nitrogens with zero attached hydrogens (tertiary/aromatic N) is 3. The van der Waals surface area contributed by atoms with Crippen LogP contribution in [0.1, 0.15) is 72.5 Å². The van der Waals surface area contributed by atoms with Gasteiger partial charge in [-0.25, -0.2) is 33.6 Å². The van der Waals surface area contributed by atoms with Gasteiger partial charge in [0.25, 0.3) is 0 Å². The smallest absolute Gasteiger partial charge is 0.338 e. The van der Waals surface area contributed by atoms with Crippen LogP contribution in [0.15, 0.2) is 217 Å². The number of azide groups is 1. The summed E-state index contributed by atoms with van der Waals surface area (Å²) in [5, 5.41) is 3.80. The molecule has 10 atom stereocenters. The normalized spacial score (nSPS) is 22.0. The Morgan fingerprint density at radius 3 is 0.951 bits per heavy atom. The van der Waals surface area contributed by atoms with E-state index in [9.17, 15) is 39.1 Å². The van der Waals surface area contributed by atoms with Gasteiger partial charge in [-0.15, -0.1) is 0 Å². The molecule has 20 nitrogen and oxygen atoms in total. The van der Waals surface area contributed by atoms with E-state index < -0.39 is 116 Å². The SMILES string of the molecule is [N-]=[N+]=N[C@@H]1O[C@H](COC(=O)c2ccccc2)[C@@H](O[C@@H]2O[C@H](COC(=O)c3ccccc3)[C@H](OC(=O)c3ccccc3)[C@H](OC(=O)c3ccccc3)[C@H]2OC(=O)c2ccccc2)[C@H](OC(=O)c2ccccc2)[C@H]1OC(=O)c1ccccc1. The lowest BCUT2D eigenvalue weighted by molar-refractivity contribution is -0.338. The summed E-state index contributed by atoms with van der Waals surface area (Å²) in [6, 6.07) is 53.9. The lowest BCUT2D eigenvalue weighted by atomic mass is 9.95. The van der Waals surface area contributed by atoms with E-state index in [2.05, 4.69) is 10.0 Å². The minimum Gasteiger partial charge on any atom is -0.459 e. The summed E-state index contributed by atoms with van der Waals surface area (Å²) in [5.41, 5.74) is 10.2. The van der Waals surface area contributed by atoms with Crippen LogP contribution in [0.4, 0.5) is 0 Å². The Morgan fingerprint density at radius 1 is 0.346 bits per heavy atom. The van der Waals surface area contributed by atoms with E-state index in [-0.39, 0.29) is 38.9 Å². The molecule has 0 unspecified atom stereocenters. The zero-order valence-corrected chi connectivity index (χ0v) is 42.7. The maximum absolute atomic E-state index is 14.5. The standard InChI is InChI=1S/C61H49N3O17/c62-64-63-53-51(79-59(70)43-32-18-6-19-33-43)49(77-57(68)41-28-14-4-15-29-41)48(45(74-53)36-72-54(65)38-22-8-1-9-23-38)81-61-52(80-60(71)44-34-20-7-21-35-44)50(78-58(69)42-30-16-5-17-31-42)47(76-56(67)40-26-12-3-13-27-40)46(75-61)37-73-55(66)39-24-10-2-11-25-39/h1-35,45-53,61H,36-37H2/t45-,46-,47+,48-,49+,50+,51-,52-,53-,61+/m1/s1. The molecule has 0 N–H and O–H groups in total. The Labute approximate surface area is 462 Å². The van der Waals surface area contributed by atoms with Gasteiger partial charge in [-0.3, -0.25) is 0 Å². The Morgan fingerprint density at radius 2 is 0.617 bits per heavy atom. The summed E-state index contributed by atoms with van der Waals surface area (Å²) in [4.78, 5) is 102. The third kappa shape index (κ3) is 14.2. The molecule has 2 aliphatic heterocycles. The van der Waals surface area contributed by atoms with Crippen molar-refractivity contribution in [3.63, 3.8) is 0 Å². The largest absolute Gasteiger partial charge is 0.459 e. The van der Waals surface area contributed by atoms with E-state index >= 15 is 0 Å². The number of esters is 7. The molecule has 410 valence electrons. The summed E-state index contributed by atoms with van der Waals surface area (Å²) < 4.78 is 62.7. The molecule has 7 aromatic carbocycles. The van der Waals surface area contributed by atoms with Crippen molar-refractivity contribution in [1.29, 1.82) is 0 Å². The Bertz CT molecular complexity index is 3320. The molecule has 81 heavy (non-hydrogen) atoms. The third-order valence-electron chi connectivity index (χ3n) is 12.7. The molecule has 0 saturated carbocycles. The number of benzene rings is 7. The van der Waals surface area contributed by atoms with E-state index in [1.165, 1.54) is 84.9 Å². The van der Waals surface area contributed by atoms with Crippen molar-refractivity contribution in [3.8, 4) is 0 Å². The Balaban J connectivity index is 1.20. The predicted molar refractivity (Wildman–Crippen MR) is 283 cm³/mol. The molecular formula is C61H49N3O17. The first-order valence-electron chi connectivity index (χ1n) is 25.3. The lowest BCUT2D eigenvalue weighted by Crippen LogP contribution is -2.67. The topological polar surface area (TPSA) is 261 Å². The maximum atomic E-state index is 14.5. The van der Waals surface area contributed by atoms with Gasteiger partial charge < -0.3 is 47.4 Å². The maximum Gasteiger partial charge on any atom is 0.338 e. The van der Waals surface area contributed by atoms with Gasteiger partial charge in [0.05, 0.1) is 38.9 Å². The van der Waals surface area contributed by atoms with Crippen LogP contribution in [0.3, 0.4) is 0 Å². The van der Waals surface area contributed by atoms with Gasteiger partial charge in [0.2, 0.25) is 0 Å². The number of carbonyl (C=O) groups excluding carboxylic acids is 7. The second-order valence-corrected chi connectivity index (χ2v) is 18.0. The second kappa shape index (κ2) is 27.1. The molecule has 0 bridgehead atoms. The highest BCUT2D eigenvalue weighted by atomic mass is 16.8. The van der Waals surface area contributed by atoms with E-state index in [4.69, 9.17) is 47.4 Å². The van der Waals surface area contributed by atoms with E-state index in [0.717, 1.165) is 0 Å². The zero-order chi connectivity index (χ0) is 56.5. The highest BCUT2D eigenvalue weighted by Gasteiger charge is 2.58. The molecule has 2 aliphatic rings. The molecule has 9 rings (SSSR count). The van der Waals surface area contributed by atoms with E-state index in [0.29, 0.717) is 0 Å². The van der Waals surface area contributed by atoms with Crippen LogP contribution >= 0.6 is 0 Å². The van der Waals surface area contributed by atoms with Gasteiger partial charge >= 0.3 is 41.8 Å². The fourth-order valence-electron chi connectivity index (χ4n) is 8.74. The Hall–Kier alpha value is -9.98. The molecular weight excluding hydrogens is 1050 g/mol. The lowest BCUT2D eigenvalue weighted by Gasteiger charge is -2.48. The monoisotopic (exact) mass is 1100 g/mol. The number of carbonyl (C=O) groups is 7. The van der Waals surface area contributed by atoms with E-state index in [1.807, 2.05) is 0 Å². The first-order valence-corrected chi connectivity index (χ1v) is 25.3. The van der Waals surface area contributed by atoms with Gasteiger partial charge in [0.1, 0.15) is 31.5 Å². The number of hydrogen-bond acceptors (Lipinski definition) is 18.